The molecule has 202 valence electrons. The van der Waals surface area contributed by atoms with Gasteiger partial charge in [-0.15, -0.1) is 0 Å². The molecule has 10 nitrogen and oxygen atoms in total. The minimum Gasteiger partial charge on any atom is -0.493 e. The molecule has 0 spiro atoms. The van der Waals surface area contributed by atoms with E-state index in [4.69, 9.17) is 42.8 Å². The molecule has 0 radical (unpaired) electrons. The van der Waals surface area contributed by atoms with Crippen molar-refractivity contribution in [1.82, 2.24) is 16.1 Å². The van der Waals surface area contributed by atoms with Crippen LogP contribution < -0.4 is 30.3 Å². The van der Waals surface area contributed by atoms with Crippen molar-refractivity contribution in [1.29, 1.82) is 0 Å². The lowest BCUT2D eigenvalue weighted by Crippen LogP contribution is -2.45. The number of nitrogens with one attached hydrogen (secondary N) is 3. The predicted molar refractivity (Wildman–Crippen MR) is 148 cm³/mol. The Labute approximate surface area is 231 Å². The first kappa shape index (κ1) is 28.7. The van der Waals surface area contributed by atoms with Crippen LogP contribution in [0.2, 0.25) is 5.02 Å². The summed E-state index contributed by atoms with van der Waals surface area (Å²) >= 11 is 11.6. The third-order valence-corrected chi connectivity index (χ3v) is 5.80. The van der Waals surface area contributed by atoms with Gasteiger partial charge in [-0.3, -0.25) is 4.79 Å². The van der Waals surface area contributed by atoms with E-state index in [0.29, 0.717) is 56.4 Å². The second-order valence-electron chi connectivity index (χ2n) is 7.88. The summed E-state index contributed by atoms with van der Waals surface area (Å²) in [4.78, 5) is 25.1. The van der Waals surface area contributed by atoms with E-state index in [0.717, 1.165) is 0 Å². The van der Waals surface area contributed by atoms with Crippen LogP contribution >= 0.6 is 23.8 Å². The highest BCUT2D eigenvalue weighted by molar-refractivity contribution is 7.80. The van der Waals surface area contributed by atoms with Gasteiger partial charge in [-0.2, -0.15) is 5.10 Å². The fourth-order valence-electron chi connectivity index (χ4n) is 3.71. The number of methoxy groups -OCH3 is 1. The Kier molecular flexibility index (Phi) is 10.3. The summed E-state index contributed by atoms with van der Waals surface area (Å²) in [5.41, 5.74) is 4.58. The highest BCUT2D eigenvalue weighted by Crippen LogP contribution is 2.36. The number of para-hydroxylation sites is 1. The largest absolute Gasteiger partial charge is 0.493 e. The molecule has 0 aliphatic carbocycles. The first-order valence-electron chi connectivity index (χ1n) is 11.8. The first-order chi connectivity index (χ1) is 18.3. The van der Waals surface area contributed by atoms with Gasteiger partial charge in [0.05, 0.1) is 43.2 Å². The number of nitrogens with zero attached hydrogens (tertiary/aromatic N) is 1. The van der Waals surface area contributed by atoms with Crippen LogP contribution in [0.1, 0.15) is 37.9 Å². The summed E-state index contributed by atoms with van der Waals surface area (Å²) in [6, 6.07) is 9.75. The van der Waals surface area contributed by atoms with Gasteiger partial charge >= 0.3 is 5.97 Å². The van der Waals surface area contributed by atoms with Gasteiger partial charge in [-0.05, 0) is 56.8 Å². The zero-order valence-corrected chi connectivity index (χ0v) is 23.0. The second kappa shape index (κ2) is 13.6. The maximum absolute atomic E-state index is 12.7. The van der Waals surface area contributed by atoms with E-state index in [1.54, 1.807) is 50.2 Å². The molecule has 0 saturated heterocycles. The van der Waals surface area contributed by atoms with Gasteiger partial charge in [-0.25, -0.2) is 10.2 Å². The summed E-state index contributed by atoms with van der Waals surface area (Å²) in [6.07, 6.45) is 1.43. The quantitative estimate of drug-likeness (QED) is 0.164. The van der Waals surface area contributed by atoms with Crippen molar-refractivity contribution in [2.75, 3.05) is 26.9 Å². The Hall–Kier alpha value is -3.83. The number of hydrazone groups is 1. The molecule has 1 atom stereocenters. The summed E-state index contributed by atoms with van der Waals surface area (Å²) in [7, 11) is 1.51. The van der Waals surface area contributed by atoms with E-state index in [1.165, 1.54) is 13.3 Å². The molecule has 2 aromatic rings. The molecule has 0 saturated carbocycles. The molecule has 1 amide bonds. The van der Waals surface area contributed by atoms with Crippen molar-refractivity contribution < 1.29 is 28.5 Å². The van der Waals surface area contributed by atoms with Gasteiger partial charge in [-0.1, -0.05) is 29.8 Å². The topological polar surface area (TPSA) is 120 Å². The maximum Gasteiger partial charge on any atom is 0.338 e. The Balaban J connectivity index is 1.70. The van der Waals surface area contributed by atoms with Gasteiger partial charge in [0, 0.05) is 11.3 Å². The number of carbonyl (C=O) groups is 2. The number of benzene rings is 2. The van der Waals surface area contributed by atoms with Crippen molar-refractivity contribution in [2.45, 2.75) is 26.8 Å². The van der Waals surface area contributed by atoms with Gasteiger partial charge in [0.25, 0.3) is 5.91 Å². The monoisotopic (exact) mass is 560 g/mol. The van der Waals surface area contributed by atoms with Crippen molar-refractivity contribution in [2.24, 2.45) is 5.10 Å². The van der Waals surface area contributed by atoms with Crippen molar-refractivity contribution in [3.63, 3.8) is 0 Å². The molecule has 2 aromatic carbocycles. The van der Waals surface area contributed by atoms with E-state index in [1.807, 2.05) is 6.92 Å². The molecule has 1 heterocycles. The molecule has 3 rings (SSSR count). The number of amides is 1. The minimum absolute atomic E-state index is 0.223. The third kappa shape index (κ3) is 7.14. The minimum atomic E-state index is -0.625. The lowest BCUT2D eigenvalue weighted by atomic mass is 9.95. The zero-order valence-electron chi connectivity index (χ0n) is 21.4. The van der Waals surface area contributed by atoms with E-state index >= 15 is 0 Å². The van der Waals surface area contributed by atoms with Gasteiger partial charge in [0.1, 0.15) is 5.75 Å². The summed E-state index contributed by atoms with van der Waals surface area (Å²) < 4.78 is 21.8. The van der Waals surface area contributed by atoms with E-state index in [2.05, 4.69) is 21.2 Å². The highest BCUT2D eigenvalue weighted by atomic mass is 35.5. The maximum atomic E-state index is 12.7. The highest BCUT2D eigenvalue weighted by Gasteiger charge is 2.32. The summed E-state index contributed by atoms with van der Waals surface area (Å²) in [5, 5.41) is 10.7. The summed E-state index contributed by atoms with van der Waals surface area (Å²) in [5.74, 6) is 0.303. The van der Waals surface area contributed by atoms with E-state index in [9.17, 15) is 9.59 Å². The van der Waals surface area contributed by atoms with E-state index in [-0.39, 0.29) is 13.2 Å². The van der Waals surface area contributed by atoms with Crippen molar-refractivity contribution >= 4 is 47.0 Å². The van der Waals surface area contributed by atoms with Crippen LogP contribution in [0.4, 0.5) is 0 Å². The molecule has 12 heteroatoms. The van der Waals surface area contributed by atoms with Crippen molar-refractivity contribution in [3.05, 3.63) is 63.8 Å². The standard InChI is InChI=1S/C26H29ClN4O6S/c1-5-35-24-18(27)11-16(12-20(24)34-4)13-28-31-21(32)14-37-19-10-8-7-9-17(19)23-22(25(33)36-6-2)15(3)29-26(38)30-23/h7-13,23H,5-6,14H2,1-4H3,(H,31,32)(H2,29,30,38)/t23-/m1/s1. The lowest BCUT2D eigenvalue weighted by Gasteiger charge is -2.30. The van der Waals surface area contributed by atoms with Crippen LogP contribution in [0.5, 0.6) is 17.2 Å². The van der Waals surface area contributed by atoms with Crippen LogP contribution in [-0.4, -0.2) is 50.1 Å². The molecule has 0 unspecified atom stereocenters. The van der Waals surface area contributed by atoms with Gasteiger partial charge in [0.15, 0.2) is 23.2 Å². The zero-order chi connectivity index (χ0) is 27.7. The summed E-state index contributed by atoms with van der Waals surface area (Å²) in [6.45, 7) is 5.65. The number of hydrogen-bond acceptors (Lipinski definition) is 8. The van der Waals surface area contributed by atoms with Crippen LogP contribution in [0.15, 0.2) is 52.8 Å². The Morgan fingerprint density at radius 2 is 1.92 bits per heavy atom. The van der Waals surface area contributed by atoms with Gasteiger partial charge < -0.3 is 29.6 Å². The van der Waals surface area contributed by atoms with Crippen LogP contribution in [0.25, 0.3) is 0 Å². The Morgan fingerprint density at radius 1 is 1.16 bits per heavy atom. The predicted octanol–water partition coefficient (Wildman–Crippen LogP) is 3.63. The number of esters is 1. The number of hydrogen-bond donors (Lipinski definition) is 3. The molecule has 0 aromatic heterocycles. The first-order valence-corrected chi connectivity index (χ1v) is 12.6. The SMILES string of the molecule is CCOC(=O)C1=C(C)NC(=S)N[C@@H]1c1ccccc1OCC(=O)NN=Cc1cc(Cl)c(OCC)c(OC)c1. The number of ether oxygens (including phenoxy) is 4. The number of allylic oxidation sites excluding steroid dienone is 1. The average molecular weight is 561 g/mol. The fourth-order valence-corrected chi connectivity index (χ4v) is 4.25. The number of carbonyl (C=O) groups excluding carboxylic acids is 2. The molecule has 3 N–H and O–H groups in total. The lowest BCUT2D eigenvalue weighted by molar-refractivity contribution is -0.139. The molecule has 0 fully saturated rings. The number of halogens is 1. The van der Waals surface area contributed by atoms with Crippen LogP contribution in [0, 0.1) is 0 Å². The Bertz CT molecular complexity index is 1270. The second-order valence-corrected chi connectivity index (χ2v) is 8.69. The molecular formula is C26H29ClN4O6S. The van der Waals surface area contributed by atoms with E-state index < -0.39 is 17.9 Å². The van der Waals surface area contributed by atoms with Crippen LogP contribution in [-0.2, 0) is 14.3 Å². The number of thiocarbonyl (C=S) groups is 1. The Morgan fingerprint density at radius 3 is 2.63 bits per heavy atom. The fraction of sp³-hybridized carbons (Fsp3) is 0.308. The van der Waals surface area contributed by atoms with Crippen LogP contribution in [0.3, 0.4) is 0 Å². The molecular weight excluding hydrogens is 532 g/mol. The molecule has 1 aliphatic heterocycles. The molecule has 1 aliphatic rings. The van der Waals surface area contributed by atoms with Gasteiger partial charge in [0.2, 0.25) is 0 Å². The third-order valence-electron chi connectivity index (χ3n) is 5.30. The van der Waals surface area contributed by atoms with Crippen molar-refractivity contribution in [3.8, 4) is 17.2 Å². The average Bonchev–Trinajstić information content (AvgIpc) is 2.88. The molecule has 0 bridgehead atoms. The normalized spacial score (nSPS) is 15.0. The number of rotatable bonds is 11. The molecule has 38 heavy (non-hydrogen) atoms. The smallest absolute Gasteiger partial charge is 0.338 e.